The van der Waals surface area contributed by atoms with Gasteiger partial charge >= 0.3 is 0 Å². The zero-order valence-corrected chi connectivity index (χ0v) is 32.4. The van der Waals surface area contributed by atoms with Crippen LogP contribution < -0.4 is 5.32 Å². The van der Waals surface area contributed by atoms with Gasteiger partial charge in [0.25, 0.3) is 0 Å². The van der Waals surface area contributed by atoms with E-state index in [9.17, 15) is 45.6 Å². The van der Waals surface area contributed by atoms with Crippen LogP contribution in [0.2, 0.25) is 0 Å². The Balaban J connectivity index is 1.87. The zero-order valence-electron chi connectivity index (χ0n) is 32.4. The van der Waals surface area contributed by atoms with Crippen molar-refractivity contribution in [3.8, 4) is 0 Å². The number of ether oxygens (including phenoxy) is 4. The molecule has 55 heavy (non-hydrogen) atoms. The summed E-state index contributed by atoms with van der Waals surface area (Å²) in [6, 6.07) is -0.942. The molecule has 0 saturated carbocycles. The maximum Gasteiger partial charge on any atom is 0.220 e. The van der Waals surface area contributed by atoms with Gasteiger partial charge in [0.05, 0.1) is 32.0 Å². The molecule has 12 unspecified atom stereocenters. The van der Waals surface area contributed by atoms with Crippen LogP contribution in [0.5, 0.6) is 0 Å². The van der Waals surface area contributed by atoms with Crippen LogP contribution in [0.15, 0.2) is 72.9 Å². The van der Waals surface area contributed by atoms with Gasteiger partial charge < -0.3 is 65.1 Å². The van der Waals surface area contributed by atoms with Crippen molar-refractivity contribution in [3.05, 3.63) is 72.9 Å². The van der Waals surface area contributed by atoms with Crippen LogP contribution in [0, 0.1) is 0 Å². The zero-order chi connectivity index (χ0) is 40.4. The largest absolute Gasteiger partial charge is 0.394 e. The first kappa shape index (κ1) is 48.6. The van der Waals surface area contributed by atoms with Crippen LogP contribution in [0.3, 0.4) is 0 Å². The Bertz CT molecular complexity index is 1200. The Morgan fingerprint density at radius 1 is 0.673 bits per heavy atom. The summed E-state index contributed by atoms with van der Waals surface area (Å²) in [5.74, 6) is -0.312. The summed E-state index contributed by atoms with van der Waals surface area (Å²) < 4.78 is 22.4. The van der Waals surface area contributed by atoms with Crippen LogP contribution in [-0.4, -0.2) is 140 Å². The fourth-order valence-corrected chi connectivity index (χ4v) is 5.84. The van der Waals surface area contributed by atoms with Crippen molar-refractivity contribution in [2.45, 2.75) is 158 Å². The first-order chi connectivity index (χ1) is 26.6. The van der Waals surface area contributed by atoms with E-state index in [0.717, 1.165) is 51.4 Å². The van der Waals surface area contributed by atoms with Crippen LogP contribution in [0.25, 0.3) is 0 Å². The average Bonchev–Trinajstić information content (AvgIpc) is 3.18. The molecule has 14 nitrogen and oxygen atoms in total. The molecule has 0 aromatic rings. The highest BCUT2D eigenvalue weighted by Gasteiger charge is 2.50. The van der Waals surface area contributed by atoms with Crippen molar-refractivity contribution in [3.63, 3.8) is 0 Å². The van der Waals surface area contributed by atoms with E-state index < -0.39 is 86.8 Å². The third-order valence-electron chi connectivity index (χ3n) is 9.15. The Morgan fingerprint density at radius 3 is 1.80 bits per heavy atom. The molecular weight excluding hydrogens is 714 g/mol. The standard InChI is InChI=1S/C41H67NO13/c1-3-5-7-9-10-11-12-13-14-15-16-17-18-19-20-21-23-25-33(46)42-29(30(45)24-22-8-6-4-2)28-52-40-38(51)36(49)39(32(27-44)54-40)55-41-37(50)35(48)34(47)31(26-43)53-41/h5,7,10-11,13-14,16-17,19-20,22,24,29-32,34-41,43-45,47-51H,3-4,6,8-9,12,15,18,21,23,25-28H2,1-2H3,(H,42,46)/b7-5-,11-10-,14-13-,17-16-,20-19-,24-22+. The van der Waals surface area contributed by atoms with E-state index in [1.807, 2.05) is 19.1 Å². The number of hydrogen-bond donors (Lipinski definition) is 9. The number of hydrogen-bond acceptors (Lipinski definition) is 13. The predicted octanol–water partition coefficient (Wildman–Crippen LogP) is 2.14. The van der Waals surface area contributed by atoms with E-state index in [1.54, 1.807) is 6.08 Å². The van der Waals surface area contributed by atoms with Gasteiger partial charge in [0.15, 0.2) is 12.6 Å². The van der Waals surface area contributed by atoms with Crippen molar-refractivity contribution < 1.29 is 64.6 Å². The van der Waals surface area contributed by atoms with Gasteiger partial charge in [0.2, 0.25) is 5.91 Å². The van der Waals surface area contributed by atoms with Gasteiger partial charge in [0.1, 0.15) is 48.8 Å². The molecule has 2 fully saturated rings. The number of aliphatic hydroxyl groups excluding tert-OH is 8. The second kappa shape index (κ2) is 28.8. The number of allylic oxidation sites excluding steroid dienone is 11. The third kappa shape index (κ3) is 18.1. The molecule has 2 aliphatic rings. The number of unbranched alkanes of at least 4 members (excludes halogenated alkanes) is 3. The molecule has 0 spiro atoms. The summed E-state index contributed by atoms with van der Waals surface area (Å²) in [4.78, 5) is 12.9. The smallest absolute Gasteiger partial charge is 0.220 e. The fraction of sp³-hybridized carbons (Fsp3) is 0.683. The highest BCUT2D eigenvalue weighted by molar-refractivity contribution is 5.76. The lowest BCUT2D eigenvalue weighted by Gasteiger charge is -2.46. The molecule has 2 saturated heterocycles. The number of amides is 1. The molecule has 0 radical (unpaired) electrons. The van der Waals surface area contributed by atoms with Crippen LogP contribution in [0.4, 0.5) is 0 Å². The molecule has 1 amide bonds. The van der Waals surface area contributed by atoms with Gasteiger partial charge in [-0.25, -0.2) is 0 Å². The van der Waals surface area contributed by atoms with E-state index in [4.69, 9.17) is 18.9 Å². The van der Waals surface area contributed by atoms with E-state index in [1.165, 1.54) is 0 Å². The summed E-state index contributed by atoms with van der Waals surface area (Å²) in [5.41, 5.74) is 0. The van der Waals surface area contributed by atoms with Crippen molar-refractivity contribution in [1.82, 2.24) is 5.32 Å². The molecule has 9 N–H and O–H groups in total. The predicted molar refractivity (Wildman–Crippen MR) is 207 cm³/mol. The van der Waals surface area contributed by atoms with Crippen LogP contribution >= 0.6 is 0 Å². The number of rotatable bonds is 26. The Morgan fingerprint density at radius 2 is 1.22 bits per heavy atom. The lowest BCUT2D eigenvalue weighted by molar-refractivity contribution is -0.359. The SMILES string of the molecule is CC/C=C\C/C=C\C/C=C\C/C=C\C/C=C\CCCC(=O)NC(COC1OC(CO)C(OC2OC(CO)C(O)C(O)C2O)C(O)C1O)C(O)/C=C/CCCC. The van der Waals surface area contributed by atoms with Gasteiger partial charge in [-0.2, -0.15) is 0 Å². The minimum atomic E-state index is -1.79. The maximum atomic E-state index is 12.9. The Hall–Kier alpha value is -2.57. The summed E-state index contributed by atoms with van der Waals surface area (Å²) in [7, 11) is 0. The maximum absolute atomic E-state index is 12.9. The molecule has 2 rings (SSSR count). The lowest BCUT2D eigenvalue weighted by atomic mass is 9.97. The van der Waals surface area contributed by atoms with Crippen LogP contribution in [0.1, 0.15) is 84.5 Å². The Labute approximate surface area is 326 Å². The molecule has 12 atom stereocenters. The fourth-order valence-electron chi connectivity index (χ4n) is 5.84. The summed E-state index contributed by atoms with van der Waals surface area (Å²) in [5, 5.41) is 85.6. The van der Waals surface area contributed by atoms with Gasteiger partial charge in [-0.1, -0.05) is 99.6 Å². The highest BCUT2D eigenvalue weighted by atomic mass is 16.7. The van der Waals surface area contributed by atoms with E-state index in [-0.39, 0.29) is 18.9 Å². The van der Waals surface area contributed by atoms with Crippen molar-refractivity contribution >= 4 is 5.91 Å². The molecule has 0 aromatic heterocycles. The molecule has 0 aromatic carbocycles. The number of carbonyl (C=O) groups is 1. The summed E-state index contributed by atoms with van der Waals surface area (Å²) >= 11 is 0. The monoisotopic (exact) mass is 781 g/mol. The second-order valence-corrected chi connectivity index (χ2v) is 13.7. The number of carbonyl (C=O) groups excluding carboxylic acids is 1. The second-order valence-electron chi connectivity index (χ2n) is 13.7. The first-order valence-electron chi connectivity index (χ1n) is 19.7. The van der Waals surface area contributed by atoms with Gasteiger partial charge in [-0.15, -0.1) is 0 Å². The number of aliphatic hydroxyl groups is 8. The molecule has 314 valence electrons. The molecule has 2 aliphatic heterocycles. The molecule has 2 heterocycles. The molecule has 14 heteroatoms. The average molecular weight is 782 g/mol. The lowest BCUT2D eigenvalue weighted by Crippen LogP contribution is -2.65. The molecular formula is C41H67NO13. The van der Waals surface area contributed by atoms with Gasteiger partial charge in [0, 0.05) is 6.42 Å². The van der Waals surface area contributed by atoms with Crippen molar-refractivity contribution in [2.24, 2.45) is 0 Å². The minimum absolute atomic E-state index is 0.196. The number of nitrogens with one attached hydrogen (secondary N) is 1. The van der Waals surface area contributed by atoms with Crippen LogP contribution in [-0.2, 0) is 23.7 Å². The van der Waals surface area contributed by atoms with E-state index >= 15 is 0 Å². The third-order valence-corrected chi connectivity index (χ3v) is 9.15. The van der Waals surface area contributed by atoms with Crippen molar-refractivity contribution in [1.29, 1.82) is 0 Å². The Kier molecular flexibility index (Phi) is 25.4. The van der Waals surface area contributed by atoms with Crippen molar-refractivity contribution in [2.75, 3.05) is 19.8 Å². The molecule has 0 bridgehead atoms. The molecule has 0 aliphatic carbocycles. The minimum Gasteiger partial charge on any atom is -0.394 e. The first-order valence-corrected chi connectivity index (χ1v) is 19.7. The topological polar surface area (TPSA) is 228 Å². The highest BCUT2D eigenvalue weighted by Crippen LogP contribution is 2.29. The summed E-state index contributed by atoms with van der Waals surface area (Å²) in [6.45, 7) is 2.40. The van der Waals surface area contributed by atoms with E-state index in [0.29, 0.717) is 12.8 Å². The van der Waals surface area contributed by atoms with Gasteiger partial charge in [-0.05, 0) is 51.4 Å². The van der Waals surface area contributed by atoms with E-state index in [2.05, 4.69) is 66.9 Å². The normalized spacial score (nSPS) is 30.5. The summed E-state index contributed by atoms with van der Waals surface area (Å²) in [6.07, 6.45) is 16.2. The quantitative estimate of drug-likeness (QED) is 0.0454. The van der Waals surface area contributed by atoms with Gasteiger partial charge in [-0.3, -0.25) is 4.79 Å².